The lowest BCUT2D eigenvalue weighted by molar-refractivity contribution is 0.273. The number of benzene rings is 1. The molecule has 0 spiro atoms. The molecule has 0 amide bonds. The van der Waals surface area contributed by atoms with Crippen molar-refractivity contribution < 1.29 is 13.5 Å². The van der Waals surface area contributed by atoms with Crippen molar-refractivity contribution in [2.45, 2.75) is 5.92 Å². The van der Waals surface area contributed by atoms with E-state index in [0.29, 0.717) is 0 Å². The number of rotatable bonds is 4. The number of hydrogen-bond acceptors (Lipinski definition) is 3. The van der Waals surface area contributed by atoms with Gasteiger partial charge in [-0.15, -0.1) is 0 Å². The lowest BCUT2D eigenvalue weighted by atomic mass is 10.0. The first kappa shape index (κ1) is 12.7. The Morgan fingerprint density at radius 1 is 1.40 bits per heavy atom. The van der Waals surface area contributed by atoms with Crippen LogP contribution in [0.15, 0.2) is 28.7 Å². The molecule has 1 atom stereocenters. The second-order valence-electron chi connectivity index (χ2n) is 3.49. The molecule has 1 rings (SSSR count). The van der Waals surface area contributed by atoms with Crippen LogP contribution in [0.25, 0.3) is 0 Å². The number of aliphatic hydroxyl groups excluding tert-OH is 1. The van der Waals surface area contributed by atoms with Gasteiger partial charge < -0.3 is 5.11 Å². The maximum atomic E-state index is 11.2. The van der Waals surface area contributed by atoms with Gasteiger partial charge in [0.1, 0.15) is 9.84 Å². The number of hydrogen-bond donors (Lipinski definition) is 1. The first-order valence-corrected chi connectivity index (χ1v) is 7.32. The minimum Gasteiger partial charge on any atom is -0.396 e. The van der Waals surface area contributed by atoms with E-state index in [-0.39, 0.29) is 18.3 Å². The molecule has 0 saturated carbocycles. The summed E-state index contributed by atoms with van der Waals surface area (Å²) in [6, 6.07) is 7.32. The van der Waals surface area contributed by atoms with E-state index in [9.17, 15) is 13.5 Å². The van der Waals surface area contributed by atoms with Gasteiger partial charge in [0.15, 0.2) is 0 Å². The predicted molar refractivity (Wildman–Crippen MR) is 63.7 cm³/mol. The van der Waals surface area contributed by atoms with Gasteiger partial charge >= 0.3 is 0 Å². The Hall–Kier alpha value is -0.390. The average Bonchev–Trinajstić information content (AvgIpc) is 2.14. The standard InChI is InChI=1S/C10H13BrO3S/c1-15(13,14)7-8(6-12)9-4-2-3-5-10(9)11/h2-5,8,12H,6-7H2,1H3. The minimum absolute atomic E-state index is 0.0356. The molecule has 1 aromatic carbocycles. The fourth-order valence-corrected chi connectivity index (χ4v) is 3.04. The third-order valence-electron chi connectivity index (χ3n) is 2.07. The van der Waals surface area contributed by atoms with Gasteiger partial charge in [-0.3, -0.25) is 0 Å². The molecular formula is C10H13BrO3S. The van der Waals surface area contributed by atoms with E-state index in [1.165, 1.54) is 6.26 Å². The summed E-state index contributed by atoms with van der Waals surface area (Å²) in [7, 11) is -3.08. The zero-order chi connectivity index (χ0) is 11.5. The molecule has 0 bridgehead atoms. The summed E-state index contributed by atoms with van der Waals surface area (Å²) in [5.74, 6) is -0.401. The van der Waals surface area contributed by atoms with Crippen LogP contribution in [0.3, 0.4) is 0 Å². The summed E-state index contributed by atoms with van der Waals surface area (Å²) in [6.07, 6.45) is 1.17. The molecule has 1 unspecified atom stereocenters. The summed E-state index contributed by atoms with van der Waals surface area (Å²) in [4.78, 5) is 0. The Kier molecular flexibility index (Phi) is 4.31. The van der Waals surface area contributed by atoms with Crippen LogP contribution in [0, 0.1) is 0 Å². The molecule has 0 saturated heterocycles. The molecular weight excluding hydrogens is 280 g/mol. The SMILES string of the molecule is CS(=O)(=O)CC(CO)c1ccccc1Br. The van der Waals surface area contributed by atoms with Gasteiger partial charge in [-0.1, -0.05) is 34.1 Å². The predicted octanol–water partition coefficient (Wildman–Crippen LogP) is 1.57. The Morgan fingerprint density at radius 3 is 2.47 bits per heavy atom. The van der Waals surface area contributed by atoms with Gasteiger partial charge in [-0.2, -0.15) is 0 Å². The van der Waals surface area contributed by atoms with Crippen molar-refractivity contribution in [1.29, 1.82) is 0 Å². The van der Waals surface area contributed by atoms with Crippen LogP contribution in [0.5, 0.6) is 0 Å². The Bertz CT molecular complexity index is 428. The maximum absolute atomic E-state index is 11.2. The fraction of sp³-hybridized carbons (Fsp3) is 0.400. The molecule has 0 radical (unpaired) electrons. The van der Waals surface area contributed by atoms with Crippen LogP contribution in [0.1, 0.15) is 11.5 Å². The highest BCUT2D eigenvalue weighted by Crippen LogP contribution is 2.25. The van der Waals surface area contributed by atoms with Crippen LogP contribution in [-0.2, 0) is 9.84 Å². The Labute approximate surface area is 98.2 Å². The highest BCUT2D eigenvalue weighted by Gasteiger charge is 2.18. The lowest BCUT2D eigenvalue weighted by Crippen LogP contribution is -2.16. The second kappa shape index (κ2) is 5.09. The van der Waals surface area contributed by atoms with Crippen LogP contribution >= 0.6 is 15.9 Å². The summed E-state index contributed by atoms with van der Waals surface area (Å²) in [5, 5.41) is 9.18. The molecule has 15 heavy (non-hydrogen) atoms. The summed E-state index contributed by atoms with van der Waals surface area (Å²) >= 11 is 3.34. The molecule has 1 N–H and O–H groups in total. The van der Waals surface area contributed by atoms with E-state index in [0.717, 1.165) is 10.0 Å². The monoisotopic (exact) mass is 292 g/mol. The molecule has 5 heteroatoms. The quantitative estimate of drug-likeness (QED) is 0.917. The van der Waals surface area contributed by atoms with Crippen LogP contribution in [-0.4, -0.2) is 32.1 Å². The molecule has 0 fully saturated rings. The van der Waals surface area contributed by atoms with Gasteiger partial charge in [0.25, 0.3) is 0 Å². The highest BCUT2D eigenvalue weighted by molar-refractivity contribution is 9.10. The Balaban J connectivity index is 2.98. The van der Waals surface area contributed by atoms with Crippen molar-refractivity contribution in [3.8, 4) is 0 Å². The molecule has 0 aliphatic rings. The number of sulfone groups is 1. The zero-order valence-electron chi connectivity index (χ0n) is 8.35. The van der Waals surface area contributed by atoms with E-state index < -0.39 is 9.84 Å². The largest absolute Gasteiger partial charge is 0.396 e. The first-order chi connectivity index (χ1) is 6.94. The van der Waals surface area contributed by atoms with Crippen molar-refractivity contribution >= 4 is 25.8 Å². The number of aliphatic hydroxyl groups is 1. The topological polar surface area (TPSA) is 54.4 Å². The van der Waals surface area contributed by atoms with E-state index in [2.05, 4.69) is 15.9 Å². The highest BCUT2D eigenvalue weighted by atomic mass is 79.9. The van der Waals surface area contributed by atoms with E-state index in [4.69, 9.17) is 0 Å². The van der Waals surface area contributed by atoms with Crippen LogP contribution in [0.2, 0.25) is 0 Å². The zero-order valence-corrected chi connectivity index (χ0v) is 10.8. The van der Waals surface area contributed by atoms with E-state index in [1.807, 2.05) is 24.3 Å². The van der Waals surface area contributed by atoms with Gasteiger partial charge in [0.2, 0.25) is 0 Å². The fourth-order valence-electron chi connectivity index (χ4n) is 1.41. The molecule has 1 aromatic rings. The first-order valence-electron chi connectivity index (χ1n) is 4.47. The number of halogens is 1. The molecule has 3 nitrogen and oxygen atoms in total. The van der Waals surface area contributed by atoms with Crippen molar-refractivity contribution in [3.63, 3.8) is 0 Å². The third kappa shape index (κ3) is 3.93. The minimum atomic E-state index is -3.08. The maximum Gasteiger partial charge on any atom is 0.148 e. The third-order valence-corrected chi connectivity index (χ3v) is 3.80. The smallest absolute Gasteiger partial charge is 0.148 e. The second-order valence-corrected chi connectivity index (χ2v) is 6.53. The van der Waals surface area contributed by atoms with Crippen molar-refractivity contribution in [1.82, 2.24) is 0 Å². The van der Waals surface area contributed by atoms with Crippen molar-refractivity contribution in [3.05, 3.63) is 34.3 Å². The van der Waals surface area contributed by atoms with Gasteiger partial charge in [0, 0.05) is 16.6 Å². The molecule has 84 valence electrons. The van der Waals surface area contributed by atoms with Gasteiger partial charge in [-0.05, 0) is 11.6 Å². The van der Waals surface area contributed by atoms with Crippen molar-refractivity contribution in [2.75, 3.05) is 18.6 Å². The van der Waals surface area contributed by atoms with Crippen molar-refractivity contribution in [2.24, 2.45) is 0 Å². The van der Waals surface area contributed by atoms with Gasteiger partial charge in [-0.25, -0.2) is 8.42 Å². The van der Waals surface area contributed by atoms with E-state index >= 15 is 0 Å². The average molecular weight is 293 g/mol. The molecule has 0 aliphatic carbocycles. The summed E-state index contributed by atoms with van der Waals surface area (Å²) in [6.45, 7) is -0.171. The summed E-state index contributed by atoms with van der Waals surface area (Å²) in [5.41, 5.74) is 0.824. The van der Waals surface area contributed by atoms with Crippen LogP contribution in [0.4, 0.5) is 0 Å². The molecule has 0 aromatic heterocycles. The molecule has 0 heterocycles. The summed E-state index contributed by atoms with van der Waals surface area (Å²) < 4.78 is 23.1. The van der Waals surface area contributed by atoms with E-state index in [1.54, 1.807) is 0 Å². The van der Waals surface area contributed by atoms with Crippen LogP contribution < -0.4 is 0 Å². The lowest BCUT2D eigenvalue weighted by Gasteiger charge is -2.14. The molecule has 0 aliphatic heterocycles. The Morgan fingerprint density at radius 2 is 2.00 bits per heavy atom. The van der Waals surface area contributed by atoms with Gasteiger partial charge in [0.05, 0.1) is 12.4 Å². The normalized spacial score (nSPS) is 13.8.